The molecule has 5 nitrogen and oxygen atoms in total. The molecule has 0 unspecified atom stereocenters. The molecule has 5 rings (SSSR count). The Morgan fingerprint density at radius 3 is 2.59 bits per heavy atom. The molecule has 2 amide bonds. The van der Waals surface area contributed by atoms with Crippen LogP contribution < -0.4 is 10.6 Å². The molecular weight excluding hydrogens is 398 g/mol. The minimum Gasteiger partial charge on any atom is -0.329 e. The number of hydrogen-bond acceptors (Lipinski definition) is 3. The largest absolute Gasteiger partial charge is 0.329 e. The van der Waals surface area contributed by atoms with Crippen LogP contribution in [0.1, 0.15) is 92.1 Å². The minimum atomic E-state index is -0.383. The molecule has 1 aromatic carbocycles. The van der Waals surface area contributed by atoms with Crippen molar-refractivity contribution in [2.45, 2.75) is 102 Å². The van der Waals surface area contributed by atoms with E-state index in [0.717, 1.165) is 29.7 Å². The number of hydrogen-bond donors (Lipinski definition) is 2. The average Bonchev–Trinajstić information content (AvgIpc) is 3.11. The number of fused-ring (bicyclic) bond motifs is 1. The monoisotopic (exact) mass is 435 g/mol. The van der Waals surface area contributed by atoms with Crippen molar-refractivity contribution in [2.75, 3.05) is 0 Å². The molecule has 2 heterocycles. The van der Waals surface area contributed by atoms with Gasteiger partial charge in [0.2, 0.25) is 5.91 Å². The first-order valence-corrected chi connectivity index (χ1v) is 12.8. The summed E-state index contributed by atoms with van der Waals surface area (Å²) in [6.45, 7) is 4.40. The number of benzene rings is 1. The van der Waals surface area contributed by atoms with E-state index >= 15 is 0 Å². The second kappa shape index (κ2) is 9.38. The summed E-state index contributed by atoms with van der Waals surface area (Å²) < 4.78 is 0. The van der Waals surface area contributed by atoms with Crippen LogP contribution in [0.2, 0.25) is 0 Å². The van der Waals surface area contributed by atoms with Gasteiger partial charge in [0.15, 0.2) is 0 Å². The van der Waals surface area contributed by atoms with Crippen LogP contribution in [-0.2, 0) is 17.8 Å². The van der Waals surface area contributed by atoms with Crippen molar-refractivity contribution in [2.24, 2.45) is 5.92 Å². The smallest absolute Gasteiger partial charge is 0.255 e. The van der Waals surface area contributed by atoms with Crippen molar-refractivity contribution in [3.63, 3.8) is 0 Å². The Balaban J connectivity index is 1.26. The van der Waals surface area contributed by atoms with Crippen LogP contribution in [0.25, 0.3) is 0 Å². The molecule has 1 aromatic rings. The predicted octanol–water partition coefficient (Wildman–Crippen LogP) is 4.46. The minimum absolute atomic E-state index is 0.00581. The van der Waals surface area contributed by atoms with Gasteiger partial charge in [-0.15, -0.1) is 0 Å². The second-order valence-corrected chi connectivity index (χ2v) is 10.4. The van der Waals surface area contributed by atoms with Crippen LogP contribution in [0.5, 0.6) is 0 Å². The zero-order valence-electron chi connectivity index (χ0n) is 19.2. The number of amides is 2. The van der Waals surface area contributed by atoms with Gasteiger partial charge in [-0.05, 0) is 68.1 Å². The molecule has 0 bridgehead atoms. The predicted molar refractivity (Wildman–Crippen MR) is 126 cm³/mol. The fraction of sp³-hybridized carbons (Fsp3) is 0.630. The van der Waals surface area contributed by atoms with E-state index in [1.807, 2.05) is 6.07 Å². The highest BCUT2D eigenvalue weighted by Crippen LogP contribution is 2.33. The van der Waals surface area contributed by atoms with Gasteiger partial charge in [-0.25, -0.2) is 0 Å². The molecule has 1 saturated heterocycles. The third-order valence-electron chi connectivity index (χ3n) is 8.16. The maximum absolute atomic E-state index is 13.0. The van der Waals surface area contributed by atoms with Crippen LogP contribution in [0.15, 0.2) is 30.5 Å². The van der Waals surface area contributed by atoms with E-state index in [2.05, 4.69) is 29.3 Å². The number of allylic oxidation sites excluding steroid dienone is 1. The second-order valence-electron chi connectivity index (χ2n) is 10.4. The van der Waals surface area contributed by atoms with E-state index in [0.29, 0.717) is 31.0 Å². The zero-order valence-corrected chi connectivity index (χ0v) is 19.2. The lowest BCUT2D eigenvalue weighted by Gasteiger charge is -2.36. The highest BCUT2D eigenvalue weighted by molar-refractivity contribution is 6.01. The van der Waals surface area contributed by atoms with Gasteiger partial charge in [0.05, 0.1) is 0 Å². The van der Waals surface area contributed by atoms with Gasteiger partial charge in [0.25, 0.3) is 5.91 Å². The van der Waals surface area contributed by atoms with Crippen LogP contribution >= 0.6 is 0 Å². The molecule has 2 aliphatic carbocycles. The molecule has 4 aliphatic rings. The molecule has 0 radical (unpaired) electrons. The summed E-state index contributed by atoms with van der Waals surface area (Å²) in [7, 11) is 0. The van der Waals surface area contributed by atoms with Crippen molar-refractivity contribution < 1.29 is 9.59 Å². The molecule has 172 valence electrons. The summed E-state index contributed by atoms with van der Waals surface area (Å²) >= 11 is 0. The Labute approximate surface area is 192 Å². The normalized spacial score (nSPS) is 29.2. The molecule has 5 heteroatoms. The summed E-state index contributed by atoms with van der Waals surface area (Å²) in [5.41, 5.74) is 3.94. The van der Waals surface area contributed by atoms with Gasteiger partial charge in [-0.3, -0.25) is 9.59 Å². The standard InChI is InChI=1S/C27H37N3O2/c1-18-11-14-25(26(31)28-18)30-17-21-16-19(12-13-23(21)27(30)32)15-20-7-5-6-10-24(20)29-22-8-3-2-4-9-22/h12-13,16,20,22,24-25,29H,1-11,14-15,17H2,(H,28,31)/t20-,24+,25+/m1/s1. The van der Waals surface area contributed by atoms with Gasteiger partial charge >= 0.3 is 0 Å². The van der Waals surface area contributed by atoms with E-state index in [4.69, 9.17) is 0 Å². The number of nitrogens with one attached hydrogen (secondary N) is 2. The fourth-order valence-corrected chi connectivity index (χ4v) is 6.38. The quantitative estimate of drug-likeness (QED) is 0.718. The molecular formula is C27H37N3O2. The number of rotatable bonds is 5. The lowest BCUT2D eigenvalue weighted by atomic mass is 9.79. The van der Waals surface area contributed by atoms with E-state index < -0.39 is 0 Å². The maximum atomic E-state index is 13.0. The van der Waals surface area contributed by atoms with Gasteiger partial charge in [-0.1, -0.05) is 50.8 Å². The Bertz CT molecular complexity index is 889. The molecule has 2 saturated carbocycles. The van der Waals surface area contributed by atoms with Crippen LogP contribution in [0.3, 0.4) is 0 Å². The van der Waals surface area contributed by atoms with Crippen molar-refractivity contribution in [3.05, 3.63) is 47.2 Å². The van der Waals surface area contributed by atoms with E-state index in [1.165, 1.54) is 63.4 Å². The van der Waals surface area contributed by atoms with Crippen LogP contribution in [0.4, 0.5) is 0 Å². The first-order chi connectivity index (χ1) is 15.6. The van der Waals surface area contributed by atoms with Crippen molar-refractivity contribution in [1.82, 2.24) is 15.5 Å². The first-order valence-electron chi connectivity index (χ1n) is 12.8. The van der Waals surface area contributed by atoms with E-state index in [-0.39, 0.29) is 17.9 Å². The SMILES string of the molecule is C=C1CC[C@H](N2Cc3cc(C[C@H]4CCCC[C@@H]4NC4CCCCC4)ccc3C2=O)C(=O)N1. The first kappa shape index (κ1) is 21.7. The summed E-state index contributed by atoms with van der Waals surface area (Å²) in [6, 6.07) is 7.33. The van der Waals surface area contributed by atoms with E-state index in [1.54, 1.807) is 4.90 Å². The summed E-state index contributed by atoms with van der Waals surface area (Å²) in [4.78, 5) is 27.2. The Kier molecular flexibility index (Phi) is 6.36. The third kappa shape index (κ3) is 4.50. The molecule has 0 aromatic heterocycles. The molecule has 3 fully saturated rings. The Morgan fingerprint density at radius 2 is 1.78 bits per heavy atom. The number of carbonyl (C=O) groups excluding carboxylic acids is 2. The summed E-state index contributed by atoms with van der Waals surface area (Å²) in [6.07, 6.45) is 14.5. The highest BCUT2D eigenvalue weighted by Gasteiger charge is 2.38. The number of nitrogens with zero attached hydrogens (tertiary/aromatic N) is 1. The molecule has 3 atom stereocenters. The zero-order chi connectivity index (χ0) is 22.1. The molecule has 0 spiro atoms. The van der Waals surface area contributed by atoms with Gasteiger partial charge in [0.1, 0.15) is 6.04 Å². The van der Waals surface area contributed by atoms with Gasteiger partial charge in [0, 0.05) is 29.9 Å². The maximum Gasteiger partial charge on any atom is 0.255 e. The Hall–Kier alpha value is -2.14. The van der Waals surface area contributed by atoms with Crippen LogP contribution in [0, 0.1) is 5.92 Å². The van der Waals surface area contributed by atoms with Gasteiger partial charge in [-0.2, -0.15) is 0 Å². The third-order valence-corrected chi connectivity index (χ3v) is 8.16. The Morgan fingerprint density at radius 1 is 1.00 bits per heavy atom. The average molecular weight is 436 g/mol. The number of carbonyl (C=O) groups is 2. The molecule has 2 N–H and O–H groups in total. The van der Waals surface area contributed by atoms with Gasteiger partial charge < -0.3 is 15.5 Å². The molecule has 2 aliphatic heterocycles. The van der Waals surface area contributed by atoms with Crippen molar-refractivity contribution in [1.29, 1.82) is 0 Å². The summed E-state index contributed by atoms with van der Waals surface area (Å²) in [5.74, 6) is 0.572. The lowest BCUT2D eigenvalue weighted by molar-refractivity contribution is -0.126. The van der Waals surface area contributed by atoms with Crippen LogP contribution in [-0.4, -0.2) is 34.8 Å². The van der Waals surface area contributed by atoms with E-state index in [9.17, 15) is 9.59 Å². The highest BCUT2D eigenvalue weighted by atomic mass is 16.2. The summed E-state index contributed by atoms with van der Waals surface area (Å²) in [5, 5.41) is 6.86. The van der Waals surface area contributed by atoms with Crippen molar-refractivity contribution in [3.8, 4) is 0 Å². The number of piperidine rings is 1. The molecule has 32 heavy (non-hydrogen) atoms. The van der Waals surface area contributed by atoms with Crippen molar-refractivity contribution >= 4 is 11.8 Å². The topological polar surface area (TPSA) is 61.4 Å². The fourth-order valence-electron chi connectivity index (χ4n) is 6.38. The lowest BCUT2D eigenvalue weighted by Crippen LogP contribution is -2.49.